The number of aromatic nitrogens is 1. The van der Waals surface area contributed by atoms with E-state index < -0.39 is 0 Å². The second-order valence-electron chi connectivity index (χ2n) is 3.30. The molecule has 1 aromatic heterocycles. The summed E-state index contributed by atoms with van der Waals surface area (Å²) in [5, 5.41) is 10.6. The first-order chi connectivity index (χ1) is 6.20. The van der Waals surface area contributed by atoms with E-state index in [-0.39, 0.29) is 10.6 Å². The van der Waals surface area contributed by atoms with Crippen LogP contribution in [0.4, 0.5) is 5.69 Å². The summed E-state index contributed by atoms with van der Waals surface area (Å²) in [7, 11) is 0. The largest absolute Gasteiger partial charge is 0.290 e. The molecule has 0 fully saturated rings. The first-order valence-electron chi connectivity index (χ1n) is 4.32. The molecule has 4 nitrogen and oxygen atoms in total. The van der Waals surface area contributed by atoms with Gasteiger partial charge in [-0.25, -0.2) is 0 Å². The van der Waals surface area contributed by atoms with Crippen LogP contribution >= 0.6 is 0 Å². The Labute approximate surface area is 75.8 Å². The van der Waals surface area contributed by atoms with Gasteiger partial charge in [-0.15, -0.1) is 0 Å². The van der Waals surface area contributed by atoms with Gasteiger partial charge < -0.3 is 0 Å². The van der Waals surface area contributed by atoms with E-state index in [9.17, 15) is 10.1 Å². The van der Waals surface area contributed by atoms with Crippen molar-refractivity contribution in [2.75, 3.05) is 0 Å². The van der Waals surface area contributed by atoms with E-state index in [2.05, 4.69) is 4.98 Å². The molecule has 0 saturated carbocycles. The van der Waals surface area contributed by atoms with Crippen LogP contribution in [0.1, 0.15) is 23.2 Å². The quantitative estimate of drug-likeness (QED) is 0.486. The van der Waals surface area contributed by atoms with Crippen molar-refractivity contribution in [2.45, 2.75) is 26.2 Å². The molecule has 0 saturated heterocycles. The molecule has 4 heteroatoms. The average molecular weight is 178 g/mol. The lowest BCUT2D eigenvalue weighted by molar-refractivity contribution is -0.385. The topological polar surface area (TPSA) is 56.0 Å². The van der Waals surface area contributed by atoms with Gasteiger partial charge in [-0.3, -0.25) is 15.1 Å². The third-order valence-electron chi connectivity index (χ3n) is 2.56. The molecule has 0 spiro atoms. The van der Waals surface area contributed by atoms with Gasteiger partial charge in [0.25, 0.3) is 5.69 Å². The zero-order valence-corrected chi connectivity index (χ0v) is 7.41. The minimum absolute atomic E-state index is 0.153. The van der Waals surface area contributed by atoms with Gasteiger partial charge in [0.15, 0.2) is 0 Å². The molecule has 1 aliphatic rings. The molecule has 0 radical (unpaired) electrons. The van der Waals surface area contributed by atoms with Crippen molar-refractivity contribution in [3.8, 4) is 0 Å². The Morgan fingerprint density at radius 3 is 3.00 bits per heavy atom. The Kier molecular flexibility index (Phi) is 1.76. The first-order valence-corrected chi connectivity index (χ1v) is 4.32. The summed E-state index contributed by atoms with van der Waals surface area (Å²) >= 11 is 0. The zero-order valence-electron chi connectivity index (χ0n) is 7.41. The number of nitrogens with zero attached hydrogens (tertiary/aromatic N) is 2. The van der Waals surface area contributed by atoms with Gasteiger partial charge in [-0.05, 0) is 31.7 Å². The lowest BCUT2D eigenvalue weighted by atomic mass is 10.1. The van der Waals surface area contributed by atoms with Gasteiger partial charge in [0.05, 0.1) is 4.92 Å². The summed E-state index contributed by atoms with van der Waals surface area (Å²) in [6, 6.07) is 0. The molecule has 0 amide bonds. The van der Waals surface area contributed by atoms with E-state index in [4.69, 9.17) is 0 Å². The van der Waals surface area contributed by atoms with Crippen LogP contribution in [0.5, 0.6) is 0 Å². The second kappa shape index (κ2) is 2.80. The van der Waals surface area contributed by atoms with Crippen LogP contribution in [0, 0.1) is 17.0 Å². The number of rotatable bonds is 1. The van der Waals surface area contributed by atoms with Crippen molar-refractivity contribution < 1.29 is 4.92 Å². The number of fused-ring (bicyclic) bond motifs is 1. The van der Waals surface area contributed by atoms with Crippen molar-refractivity contribution in [3.05, 3.63) is 33.1 Å². The smallest absolute Gasteiger partial charge is 0.258 e. The summed E-state index contributed by atoms with van der Waals surface area (Å²) in [5.74, 6) is 0. The van der Waals surface area contributed by atoms with E-state index in [0.717, 1.165) is 36.1 Å². The van der Waals surface area contributed by atoms with Crippen LogP contribution < -0.4 is 0 Å². The van der Waals surface area contributed by atoms with Crippen LogP contribution in [-0.2, 0) is 12.8 Å². The Hall–Kier alpha value is -1.45. The number of hydrogen-bond donors (Lipinski definition) is 0. The predicted octanol–water partition coefficient (Wildman–Crippen LogP) is 1.79. The highest BCUT2D eigenvalue weighted by atomic mass is 16.6. The van der Waals surface area contributed by atoms with E-state index in [1.807, 2.05) is 6.92 Å². The minimum Gasteiger partial charge on any atom is -0.258 e. The maximum absolute atomic E-state index is 10.6. The second-order valence-corrected chi connectivity index (χ2v) is 3.30. The molecule has 1 aliphatic carbocycles. The summed E-state index contributed by atoms with van der Waals surface area (Å²) < 4.78 is 0. The van der Waals surface area contributed by atoms with E-state index in [0.29, 0.717) is 0 Å². The fraction of sp³-hybridized carbons (Fsp3) is 0.444. The maximum Gasteiger partial charge on any atom is 0.290 e. The SMILES string of the molecule is Cc1c([N+](=O)[O-])cnc2c1CCC2. The van der Waals surface area contributed by atoms with Gasteiger partial charge in [0.2, 0.25) is 0 Å². The molecular formula is C9H10N2O2. The Morgan fingerprint density at radius 1 is 1.54 bits per heavy atom. The molecule has 0 aromatic carbocycles. The van der Waals surface area contributed by atoms with E-state index in [1.54, 1.807) is 0 Å². The standard InChI is InChI=1S/C9H10N2O2/c1-6-7-3-2-4-8(7)10-5-9(6)11(12)13/h5H,2-4H2,1H3. The lowest BCUT2D eigenvalue weighted by Crippen LogP contribution is -1.98. The van der Waals surface area contributed by atoms with Crippen molar-refractivity contribution in [1.82, 2.24) is 4.98 Å². The lowest BCUT2D eigenvalue weighted by Gasteiger charge is -2.02. The Morgan fingerprint density at radius 2 is 2.31 bits per heavy atom. The number of pyridine rings is 1. The fourth-order valence-electron chi connectivity index (χ4n) is 1.85. The van der Waals surface area contributed by atoms with Crippen molar-refractivity contribution in [1.29, 1.82) is 0 Å². The minimum atomic E-state index is -0.360. The van der Waals surface area contributed by atoms with Crippen molar-refractivity contribution in [3.63, 3.8) is 0 Å². The Bertz CT molecular complexity index is 374. The van der Waals surface area contributed by atoms with Crippen molar-refractivity contribution in [2.24, 2.45) is 0 Å². The highest BCUT2D eigenvalue weighted by Crippen LogP contribution is 2.28. The number of nitro groups is 1. The summed E-state index contributed by atoms with van der Waals surface area (Å²) in [5.41, 5.74) is 3.09. The molecule has 0 atom stereocenters. The number of aryl methyl sites for hydroxylation is 1. The molecule has 0 unspecified atom stereocenters. The van der Waals surface area contributed by atoms with Crippen LogP contribution in [0.25, 0.3) is 0 Å². The third-order valence-corrected chi connectivity index (χ3v) is 2.56. The molecule has 1 heterocycles. The molecule has 0 N–H and O–H groups in total. The van der Waals surface area contributed by atoms with Crippen LogP contribution in [0.15, 0.2) is 6.20 Å². The van der Waals surface area contributed by atoms with Gasteiger partial charge >= 0.3 is 0 Å². The maximum atomic E-state index is 10.6. The molecule has 1 aromatic rings. The highest BCUT2D eigenvalue weighted by molar-refractivity contribution is 5.46. The monoisotopic (exact) mass is 178 g/mol. The van der Waals surface area contributed by atoms with E-state index >= 15 is 0 Å². The molecular weight excluding hydrogens is 168 g/mol. The van der Waals surface area contributed by atoms with Gasteiger partial charge in [-0.2, -0.15) is 0 Å². The molecule has 0 aliphatic heterocycles. The zero-order chi connectivity index (χ0) is 9.42. The fourth-order valence-corrected chi connectivity index (χ4v) is 1.85. The highest BCUT2D eigenvalue weighted by Gasteiger charge is 2.21. The van der Waals surface area contributed by atoms with E-state index in [1.165, 1.54) is 6.20 Å². The van der Waals surface area contributed by atoms with Gasteiger partial charge in [0, 0.05) is 11.3 Å². The summed E-state index contributed by atoms with van der Waals surface area (Å²) in [4.78, 5) is 14.3. The van der Waals surface area contributed by atoms with Crippen molar-refractivity contribution >= 4 is 5.69 Å². The van der Waals surface area contributed by atoms with Crippen LogP contribution in [0.2, 0.25) is 0 Å². The molecule has 13 heavy (non-hydrogen) atoms. The van der Waals surface area contributed by atoms with Gasteiger partial charge in [-0.1, -0.05) is 0 Å². The predicted molar refractivity (Wildman–Crippen MR) is 47.7 cm³/mol. The molecule has 0 bridgehead atoms. The van der Waals surface area contributed by atoms with Crippen LogP contribution in [-0.4, -0.2) is 9.91 Å². The molecule has 2 rings (SSSR count). The third kappa shape index (κ3) is 1.18. The Balaban J connectivity index is 2.59. The number of hydrogen-bond acceptors (Lipinski definition) is 3. The van der Waals surface area contributed by atoms with Crippen LogP contribution in [0.3, 0.4) is 0 Å². The van der Waals surface area contributed by atoms with Gasteiger partial charge in [0.1, 0.15) is 6.20 Å². The molecule has 68 valence electrons. The summed E-state index contributed by atoms with van der Waals surface area (Å²) in [6.07, 6.45) is 4.36. The summed E-state index contributed by atoms with van der Waals surface area (Å²) in [6.45, 7) is 1.81. The first kappa shape index (κ1) is 8.16. The average Bonchev–Trinajstić information content (AvgIpc) is 2.52. The normalized spacial score (nSPS) is 14.2.